The van der Waals surface area contributed by atoms with Crippen molar-refractivity contribution in [1.29, 1.82) is 0 Å². The molecule has 1 aliphatic heterocycles. The molecule has 0 saturated carbocycles. The number of anilines is 1. The molecule has 0 bridgehead atoms. The van der Waals surface area contributed by atoms with Crippen molar-refractivity contribution in [3.63, 3.8) is 0 Å². The van der Waals surface area contributed by atoms with Crippen LogP contribution in [0.3, 0.4) is 0 Å². The first-order chi connectivity index (χ1) is 9.14. The summed E-state index contributed by atoms with van der Waals surface area (Å²) in [6, 6.07) is 6.90. The van der Waals surface area contributed by atoms with E-state index < -0.39 is 10.0 Å². The first kappa shape index (κ1) is 14.3. The van der Waals surface area contributed by atoms with E-state index in [0.29, 0.717) is 31.2 Å². The van der Waals surface area contributed by atoms with E-state index >= 15 is 0 Å². The normalized spacial score (nSPS) is 17.9. The minimum absolute atomic E-state index is 0.344. The van der Waals surface area contributed by atoms with Crippen molar-refractivity contribution < 1.29 is 13.2 Å². The molecule has 1 saturated heterocycles. The van der Waals surface area contributed by atoms with Crippen LogP contribution >= 0.6 is 0 Å². The molecule has 0 spiro atoms. The number of rotatable bonds is 4. The quantitative estimate of drug-likeness (QED) is 0.911. The molecule has 5 nitrogen and oxygen atoms in total. The largest absolute Gasteiger partial charge is 0.385 e. The van der Waals surface area contributed by atoms with Crippen LogP contribution in [0, 0.1) is 0 Å². The summed E-state index contributed by atoms with van der Waals surface area (Å²) in [5.41, 5.74) is 0.931. The summed E-state index contributed by atoms with van der Waals surface area (Å²) in [5, 5.41) is 3.15. The Morgan fingerprint density at radius 2 is 1.95 bits per heavy atom. The highest BCUT2D eigenvalue weighted by Crippen LogP contribution is 2.19. The molecular formula is C13H20N2O3S. The molecule has 0 aromatic heterocycles. The lowest BCUT2D eigenvalue weighted by atomic mass is 10.3. The Hall–Kier alpha value is -1.11. The fourth-order valence-corrected chi connectivity index (χ4v) is 3.52. The van der Waals surface area contributed by atoms with Gasteiger partial charge < -0.3 is 10.1 Å². The van der Waals surface area contributed by atoms with Crippen LogP contribution in [0.15, 0.2) is 29.2 Å². The Kier molecular flexibility index (Phi) is 4.79. The average Bonchev–Trinajstić information content (AvgIpc) is 2.69. The van der Waals surface area contributed by atoms with Gasteiger partial charge in [0.05, 0.1) is 11.5 Å². The second-order valence-electron chi connectivity index (χ2n) is 4.42. The third kappa shape index (κ3) is 3.46. The van der Waals surface area contributed by atoms with Gasteiger partial charge in [-0.25, -0.2) is 8.42 Å². The van der Waals surface area contributed by atoms with E-state index in [-0.39, 0.29) is 0 Å². The third-order valence-corrected chi connectivity index (χ3v) is 4.97. The Balaban J connectivity index is 2.18. The Morgan fingerprint density at radius 1 is 1.21 bits per heavy atom. The van der Waals surface area contributed by atoms with Gasteiger partial charge in [0.25, 0.3) is 0 Å². The standard InChI is InChI=1S/C13H20N2O3S/c1-2-14-12-4-6-13(7-5-12)19(16,17)15-8-3-10-18-11-9-15/h4-7,14H,2-3,8-11H2,1H3. The fraction of sp³-hybridized carbons (Fsp3) is 0.538. The molecule has 1 fully saturated rings. The number of nitrogens with zero attached hydrogens (tertiary/aromatic N) is 1. The summed E-state index contributed by atoms with van der Waals surface area (Å²) >= 11 is 0. The highest BCUT2D eigenvalue weighted by molar-refractivity contribution is 7.89. The molecule has 0 unspecified atom stereocenters. The van der Waals surface area contributed by atoms with Gasteiger partial charge in [-0.3, -0.25) is 0 Å². The summed E-state index contributed by atoms with van der Waals surface area (Å²) in [7, 11) is -3.39. The van der Waals surface area contributed by atoms with E-state index in [1.807, 2.05) is 6.92 Å². The number of hydrogen-bond donors (Lipinski definition) is 1. The van der Waals surface area contributed by atoms with E-state index in [2.05, 4.69) is 5.32 Å². The molecule has 0 aliphatic carbocycles. The summed E-state index contributed by atoms with van der Waals surface area (Å²) in [6.45, 7) is 4.87. The maximum absolute atomic E-state index is 12.5. The van der Waals surface area contributed by atoms with Crippen molar-refractivity contribution in [1.82, 2.24) is 4.31 Å². The van der Waals surface area contributed by atoms with Gasteiger partial charge in [-0.15, -0.1) is 0 Å². The van der Waals surface area contributed by atoms with Crippen molar-refractivity contribution in [3.05, 3.63) is 24.3 Å². The number of benzene rings is 1. The van der Waals surface area contributed by atoms with E-state index in [9.17, 15) is 8.42 Å². The first-order valence-corrected chi connectivity index (χ1v) is 8.00. The molecule has 1 aromatic rings. The van der Waals surface area contributed by atoms with Crippen LogP contribution in [0.25, 0.3) is 0 Å². The van der Waals surface area contributed by atoms with Crippen LogP contribution < -0.4 is 5.32 Å². The number of ether oxygens (including phenoxy) is 1. The summed E-state index contributed by atoms with van der Waals surface area (Å²) < 4.78 is 31.7. The van der Waals surface area contributed by atoms with E-state index in [4.69, 9.17) is 4.74 Å². The van der Waals surface area contributed by atoms with Crippen LogP contribution in [-0.2, 0) is 14.8 Å². The first-order valence-electron chi connectivity index (χ1n) is 6.56. The lowest BCUT2D eigenvalue weighted by Crippen LogP contribution is -2.33. The highest BCUT2D eigenvalue weighted by Gasteiger charge is 2.25. The van der Waals surface area contributed by atoms with Gasteiger partial charge in [-0.1, -0.05) is 0 Å². The molecule has 6 heteroatoms. The zero-order valence-corrected chi connectivity index (χ0v) is 11.9. The van der Waals surface area contributed by atoms with Crippen molar-refractivity contribution in [2.45, 2.75) is 18.2 Å². The van der Waals surface area contributed by atoms with Gasteiger partial charge in [0.2, 0.25) is 10.0 Å². The molecule has 1 heterocycles. The third-order valence-electron chi connectivity index (χ3n) is 3.05. The predicted molar refractivity (Wildman–Crippen MR) is 74.8 cm³/mol. The summed E-state index contributed by atoms with van der Waals surface area (Å²) in [5.74, 6) is 0. The highest BCUT2D eigenvalue weighted by atomic mass is 32.2. The average molecular weight is 284 g/mol. The minimum Gasteiger partial charge on any atom is -0.385 e. The van der Waals surface area contributed by atoms with E-state index in [1.165, 1.54) is 4.31 Å². The molecule has 0 amide bonds. The van der Waals surface area contributed by atoms with Gasteiger partial charge in [-0.05, 0) is 37.6 Å². The second-order valence-corrected chi connectivity index (χ2v) is 6.36. The molecule has 2 rings (SSSR count). The zero-order valence-electron chi connectivity index (χ0n) is 11.1. The van der Waals surface area contributed by atoms with Crippen LogP contribution in [0.1, 0.15) is 13.3 Å². The smallest absolute Gasteiger partial charge is 0.243 e. The summed E-state index contributed by atoms with van der Waals surface area (Å²) in [6.07, 6.45) is 0.745. The molecular weight excluding hydrogens is 264 g/mol. The topological polar surface area (TPSA) is 58.6 Å². The van der Waals surface area contributed by atoms with Crippen molar-refractivity contribution >= 4 is 15.7 Å². The summed E-state index contributed by atoms with van der Waals surface area (Å²) in [4.78, 5) is 0.344. The van der Waals surface area contributed by atoms with Gasteiger partial charge in [0.15, 0.2) is 0 Å². The van der Waals surface area contributed by atoms with E-state index in [0.717, 1.165) is 18.7 Å². The Labute approximate surface area is 114 Å². The maximum Gasteiger partial charge on any atom is 0.243 e. The van der Waals surface area contributed by atoms with Gasteiger partial charge in [-0.2, -0.15) is 4.31 Å². The SMILES string of the molecule is CCNc1ccc(S(=O)(=O)N2CCCOCC2)cc1. The molecule has 1 aliphatic rings. The monoisotopic (exact) mass is 284 g/mol. The number of nitrogens with one attached hydrogen (secondary N) is 1. The van der Waals surface area contributed by atoms with Gasteiger partial charge in [0.1, 0.15) is 0 Å². The molecule has 1 aromatic carbocycles. The van der Waals surface area contributed by atoms with Crippen LogP contribution in [-0.4, -0.2) is 45.6 Å². The zero-order chi connectivity index (χ0) is 13.7. The number of hydrogen-bond acceptors (Lipinski definition) is 4. The van der Waals surface area contributed by atoms with Gasteiger partial charge in [0, 0.05) is 31.9 Å². The van der Waals surface area contributed by atoms with Crippen molar-refractivity contribution in [2.24, 2.45) is 0 Å². The fourth-order valence-electron chi connectivity index (χ4n) is 2.06. The Morgan fingerprint density at radius 3 is 2.63 bits per heavy atom. The molecule has 0 radical (unpaired) electrons. The van der Waals surface area contributed by atoms with E-state index in [1.54, 1.807) is 24.3 Å². The molecule has 0 atom stereocenters. The molecule has 106 valence electrons. The molecule has 19 heavy (non-hydrogen) atoms. The maximum atomic E-state index is 12.5. The van der Waals surface area contributed by atoms with Crippen molar-refractivity contribution in [3.8, 4) is 0 Å². The van der Waals surface area contributed by atoms with Crippen LogP contribution in [0.4, 0.5) is 5.69 Å². The molecule has 1 N–H and O–H groups in total. The van der Waals surface area contributed by atoms with Gasteiger partial charge >= 0.3 is 0 Å². The lowest BCUT2D eigenvalue weighted by Gasteiger charge is -2.19. The lowest BCUT2D eigenvalue weighted by molar-refractivity contribution is 0.148. The van der Waals surface area contributed by atoms with Crippen LogP contribution in [0.5, 0.6) is 0 Å². The van der Waals surface area contributed by atoms with Crippen molar-refractivity contribution in [2.75, 3.05) is 38.2 Å². The second kappa shape index (κ2) is 6.36. The predicted octanol–water partition coefficient (Wildman–Crippen LogP) is 1.53. The Bertz CT molecular complexity index is 491. The number of sulfonamides is 1. The van der Waals surface area contributed by atoms with Crippen LogP contribution in [0.2, 0.25) is 0 Å². The minimum atomic E-state index is -3.39.